The number of hydrogen-bond acceptors (Lipinski definition) is 4. The van der Waals surface area contributed by atoms with Gasteiger partial charge >= 0.3 is 0 Å². The molecule has 1 atom stereocenters. The summed E-state index contributed by atoms with van der Waals surface area (Å²) >= 11 is 0. The first kappa shape index (κ1) is 17.4. The molecule has 0 aliphatic heterocycles. The summed E-state index contributed by atoms with van der Waals surface area (Å²) in [7, 11) is 0. The van der Waals surface area contributed by atoms with Crippen LogP contribution in [-0.4, -0.2) is 18.1 Å². The van der Waals surface area contributed by atoms with Crippen LogP contribution in [-0.2, 0) is 11.3 Å². The number of non-ortho nitro benzene ring substituents is 1. The fraction of sp³-hybridized carbons (Fsp3) is 0.625. The van der Waals surface area contributed by atoms with Crippen molar-refractivity contribution in [3.63, 3.8) is 0 Å². The summed E-state index contributed by atoms with van der Waals surface area (Å²) < 4.78 is 5.73. The molecule has 1 aromatic rings. The molecule has 5 nitrogen and oxygen atoms in total. The molecule has 0 saturated carbocycles. The van der Waals surface area contributed by atoms with Crippen molar-refractivity contribution in [3.8, 4) is 0 Å². The molecule has 118 valence electrons. The summed E-state index contributed by atoms with van der Waals surface area (Å²) in [6.45, 7) is 8.33. The Balaban J connectivity index is 2.70. The van der Waals surface area contributed by atoms with Crippen LogP contribution in [0.1, 0.15) is 45.6 Å². The van der Waals surface area contributed by atoms with Gasteiger partial charge in [0.15, 0.2) is 0 Å². The van der Waals surface area contributed by atoms with E-state index in [0.717, 1.165) is 37.1 Å². The quantitative estimate of drug-likeness (QED) is 0.514. The number of anilines is 1. The Morgan fingerprint density at radius 2 is 2.10 bits per heavy atom. The highest BCUT2D eigenvalue weighted by molar-refractivity contribution is 5.55. The van der Waals surface area contributed by atoms with E-state index in [1.54, 1.807) is 12.1 Å². The molecule has 0 radical (unpaired) electrons. The third-order valence-corrected chi connectivity index (χ3v) is 3.31. The standard InChI is InChI=1S/C16H26N2O3/c1-4-6-13(3)11-21-12-14-10-15(18(19)20)7-8-16(14)17-9-5-2/h7-8,10,13,17H,4-6,9,11-12H2,1-3H3. The number of rotatable bonds is 10. The Morgan fingerprint density at radius 3 is 2.71 bits per heavy atom. The van der Waals surface area contributed by atoms with Crippen LogP contribution in [0.25, 0.3) is 0 Å². The van der Waals surface area contributed by atoms with Crippen molar-refractivity contribution in [2.45, 2.75) is 46.6 Å². The maximum absolute atomic E-state index is 10.9. The first-order chi connectivity index (χ1) is 10.1. The molecule has 0 aromatic heterocycles. The summed E-state index contributed by atoms with van der Waals surface area (Å²) in [6.07, 6.45) is 3.28. The van der Waals surface area contributed by atoms with Gasteiger partial charge in [0.25, 0.3) is 5.69 Å². The van der Waals surface area contributed by atoms with Crippen LogP contribution in [0.4, 0.5) is 11.4 Å². The van der Waals surface area contributed by atoms with Gasteiger partial charge in [0.2, 0.25) is 0 Å². The van der Waals surface area contributed by atoms with Crippen molar-refractivity contribution >= 4 is 11.4 Å². The van der Waals surface area contributed by atoms with Crippen molar-refractivity contribution in [3.05, 3.63) is 33.9 Å². The lowest BCUT2D eigenvalue weighted by Gasteiger charge is -2.14. The molecule has 1 rings (SSSR count). The van der Waals surface area contributed by atoms with Crippen LogP contribution in [0.2, 0.25) is 0 Å². The fourth-order valence-corrected chi connectivity index (χ4v) is 2.19. The highest BCUT2D eigenvalue weighted by Crippen LogP contribution is 2.23. The Morgan fingerprint density at radius 1 is 1.33 bits per heavy atom. The van der Waals surface area contributed by atoms with Crippen LogP contribution in [0.15, 0.2) is 18.2 Å². The number of benzene rings is 1. The zero-order valence-electron chi connectivity index (χ0n) is 13.2. The van der Waals surface area contributed by atoms with Gasteiger partial charge in [0.1, 0.15) is 0 Å². The highest BCUT2D eigenvalue weighted by Gasteiger charge is 2.11. The third-order valence-electron chi connectivity index (χ3n) is 3.31. The van der Waals surface area contributed by atoms with Crippen molar-refractivity contribution in [1.29, 1.82) is 0 Å². The van der Waals surface area contributed by atoms with Gasteiger partial charge in [-0.1, -0.05) is 27.2 Å². The minimum atomic E-state index is -0.368. The van der Waals surface area contributed by atoms with Crippen LogP contribution < -0.4 is 5.32 Å². The summed E-state index contributed by atoms with van der Waals surface area (Å²) in [5.74, 6) is 0.515. The van der Waals surface area contributed by atoms with E-state index in [1.165, 1.54) is 6.07 Å². The zero-order valence-corrected chi connectivity index (χ0v) is 13.2. The number of ether oxygens (including phenoxy) is 1. The number of hydrogen-bond donors (Lipinski definition) is 1. The van der Waals surface area contributed by atoms with E-state index >= 15 is 0 Å². The molecule has 0 spiro atoms. The fourth-order valence-electron chi connectivity index (χ4n) is 2.19. The summed E-state index contributed by atoms with van der Waals surface area (Å²) in [4.78, 5) is 10.5. The van der Waals surface area contributed by atoms with E-state index in [0.29, 0.717) is 19.1 Å². The Bertz CT molecular complexity index is 449. The van der Waals surface area contributed by atoms with Crippen molar-refractivity contribution < 1.29 is 9.66 Å². The third kappa shape index (κ3) is 6.12. The number of nitrogens with one attached hydrogen (secondary N) is 1. The largest absolute Gasteiger partial charge is 0.385 e. The number of nitrogens with zero attached hydrogens (tertiary/aromatic N) is 1. The van der Waals surface area contributed by atoms with Crippen molar-refractivity contribution in [2.24, 2.45) is 5.92 Å². The van der Waals surface area contributed by atoms with E-state index < -0.39 is 0 Å². The molecular formula is C16H26N2O3. The minimum Gasteiger partial charge on any atom is -0.385 e. The SMILES string of the molecule is CCCNc1ccc([N+](=O)[O-])cc1COCC(C)CCC. The maximum Gasteiger partial charge on any atom is 0.269 e. The molecule has 0 aliphatic rings. The molecular weight excluding hydrogens is 268 g/mol. The average molecular weight is 294 g/mol. The zero-order chi connectivity index (χ0) is 15.7. The van der Waals surface area contributed by atoms with Gasteiger partial charge < -0.3 is 10.1 Å². The minimum absolute atomic E-state index is 0.109. The molecule has 1 aromatic carbocycles. The van der Waals surface area contributed by atoms with Crippen LogP contribution in [0.5, 0.6) is 0 Å². The van der Waals surface area contributed by atoms with Gasteiger partial charge in [-0.15, -0.1) is 0 Å². The van der Waals surface area contributed by atoms with E-state index in [4.69, 9.17) is 4.74 Å². The molecule has 5 heteroatoms. The number of nitro groups is 1. The predicted octanol–water partition coefficient (Wildman–Crippen LogP) is 4.37. The van der Waals surface area contributed by atoms with E-state index in [9.17, 15) is 10.1 Å². The van der Waals surface area contributed by atoms with E-state index in [2.05, 4.69) is 26.1 Å². The topological polar surface area (TPSA) is 64.4 Å². The first-order valence-electron chi connectivity index (χ1n) is 7.67. The molecule has 0 bridgehead atoms. The smallest absolute Gasteiger partial charge is 0.269 e. The van der Waals surface area contributed by atoms with Gasteiger partial charge in [-0.2, -0.15) is 0 Å². The summed E-state index contributed by atoms with van der Waals surface area (Å²) in [5.41, 5.74) is 1.88. The highest BCUT2D eigenvalue weighted by atomic mass is 16.6. The number of nitro benzene ring substituents is 1. The van der Waals surface area contributed by atoms with Gasteiger partial charge in [-0.05, 0) is 24.8 Å². The molecule has 0 amide bonds. The van der Waals surface area contributed by atoms with Gasteiger partial charge in [-0.25, -0.2) is 0 Å². The molecule has 0 aliphatic carbocycles. The van der Waals surface area contributed by atoms with Crippen LogP contribution in [0, 0.1) is 16.0 Å². The lowest BCUT2D eigenvalue weighted by atomic mass is 10.1. The summed E-state index contributed by atoms with van der Waals surface area (Å²) in [6, 6.07) is 4.89. The Labute approximate surface area is 126 Å². The molecule has 0 heterocycles. The normalized spacial score (nSPS) is 12.1. The lowest BCUT2D eigenvalue weighted by molar-refractivity contribution is -0.384. The second kappa shape index (κ2) is 9.34. The van der Waals surface area contributed by atoms with Crippen molar-refractivity contribution in [1.82, 2.24) is 0 Å². The van der Waals surface area contributed by atoms with Gasteiger partial charge in [0.05, 0.1) is 11.5 Å². The van der Waals surface area contributed by atoms with Gasteiger partial charge in [0, 0.05) is 36.5 Å². The van der Waals surface area contributed by atoms with E-state index in [1.807, 2.05) is 0 Å². The second-order valence-corrected chi connectivity index (χ2v) is 5.43. The second-order valence-electron chi connectivity index (χ2n) is 5.43. The molecule has 21 heavy (non-hydrogen) atoms. The Hall–Kier alpha value is -1.62. The monoisotopic (exact) mass is 294 g/mol. The maximum atomic E-state index is 10.9. The van der Waals surface area contributed by atoms with Gasteiger partial charge in [-0.3, -0.25) is 10.1 Å². The van der Waals surface area contributed by atoms with Crippen molar-refractivity contribution in [2.75, 3.05) is 18.5 Å². The predicted molar refractivity (Wildman–Crippen MR) is 85.6 cm³/mol. The molecule has 0 saturated heterocycles. The Kier molecular flexibility index (Phi) is 7.75. The van der Waals surface area contributed by atoms with Crippen LogP contribution >= 0.6 is 0 Å². The molecule has 0 fully saturated rings. The summed E-state index contributed by atoms with van der Waals surface area (Å²) in [5, 5.41) is 14.2. The van der Waals surface area contributed by atoms with E-state index in [-0.39, 0.29) is 10.6 Å². The molecule has 1 N–H and O–H groups in total. The van der Waals surface area contributed by atoms with Crippen LogP contribution in [0.3, 0.4) is 0 Å². The first-order valence-corrected chi connectivity index (χ1v) is 7.67. The average Bonchev–Trinajstić information content (AvgIpc) is 2.46. The lowest BCUT2D eigenvalue weighted by Crippen LogP contribution is -2.08. The molecule has 1 unspecified atom stereocenters.